The molecule has 0 aliphatic heterocycles. The molecule has 0 radical (unpaired) electrons. The van der Waals surface area contributed by atoms with Gasteiger partial charge in [0.25, 0.3) is 0 Å². The summed E-state index contributed by atoms with van der Waals surface area (Å²) in [5, 5.41) is 3.14. The van der Waals surface area contributed by atoms with Crippen molar-refractivity contribution in [2.75, 3.05) is 11.1 Å². The number of rotatable bonds is 3. The number of hydrogen-bond donors (Lipinski definition) is 2. The predicted octanol–water partition coefficient (Wildman–Crippen LogP) is 2.36. The van der Waals surface area contributed by atoms with Gasteiger partial charge >= 0.3 is 0 Å². The Morgan fingerprint density at radius 2 is 1.94 bits per heavy atom. The minimum absolute atomic E-state index is 0.412. The minimum atomic E-state index is 0.412. The summed E-state index contributed by atoms with van der Waals surface area (Å²) in [4.78, 5) is 8.08. The Morgan fingerprint density at radius 1 is 1.19 bits per heavy atom. The molecule has 0 saturated carbocycles. The van der Waals surface area contributed by atoms with Gasteiger partial charge in [0, 0.05) is 5.69 Å². The van der Waals surface area contributed by atoms with Gasteiger partial charge in [-0.15, -0.1) is 0 Å². The number of aryl methyl sites for hydroxylation is 1. The molecule has 16 heavy (non-hydrogen) atoms. The molecule has 0 aliphatic rings. The van der Waals surface area contributed by atoms with Crippen molar-refractivity contribution in [2.45, 2.75) is 13.3 Å². The molecule has 0 fully saturated rings. The normalized spacial score (nSPS) is 10.1. The maximum Gasteiger partial charge on any atom is 0.151 e. The lowest BCUT2D eigenvalue weighted by Crippen LogP contribution is -1.98. The first-order valence-corrected chi connectivity index (χ1v) is 5.21. The second-order valence-electron chi connectivity index (χ2n) is 3.50. The molecular formula is C12H14N4. The van der Waals surface area contributed by atoms with Crippen LogP contribution >= 0.6 is 0 Å². The maximum absolute atomic E-state index is 5.54. The first-order chi connectivity index (χ1) is 7.78. The van der Waals surface area contributed by atoms with Crippen LogP contribution in [0.4, 0.5) is 17.3 Å². The van der Waals surface area contributed by atoms with E-state index in [1.54, 1.807) is 6.20 Å². The third-order valence-corrected chi connectivity index (χ3v) is 2.29. The first-order valence-electron chi connectivity index (χ1n) is 5.21. The highest BCUT2D eigenvalue weighted by Crippen LogP contribution is 2.15. The number of nitrogens with one attached hydrogen (secondary N) is 1. The Labute approximate surface area is 94.5 Å². The molecule has 0 saturated heterocycles. The van der Waals surface area contributed by atoms with Crippen LogP contribution in [0.1, 0.15) is 12.5 Å². The molecule has 1 aromatic heterocycles. The Hall–Kier alpha value is -2.10. The van der Waals surface area contributed by atoms with Gasteiger partial charge < -0.3 is 11.1 Å². The van der Waals surface area contributed by atoms with Gasteiger partial charge in [-0.25, -0.2) is 4.98 Å². The number of nitrogen functional groups attached to an aromatic ring is 1. The lowest BCUT2D eigenvalue weighted by atomic mass is 10.1. The highest BCUT2D eigenvalue weighted by Gasteiger charge is 1.97. The Bertz CT molecular complexity index is 465. The van der Waals surface area contributed by atoms with Crippen molar-refractivity contribution in [3.05, 3.63) is 42.2 Å². The fourth-order valence-corrected chi connectivity index (χ4v) is 1.41. The van der Waals surface area contributed by atoms with Crippen LogP contribution in [-0.4, -0.2) is 9.97 Å². The van der Waals surface area contributed by atoms with E-state index in [2.05, 4.69) is 34.3 Å². The number of hydrogen-bond acceptors (Lipinski definition) is 4. The number of nitrogens with two attached hydrogens (primary N) is 1. The van der Waals surface area contributed by atoms with Gasteiger partial charge in [-0.05, 0) is 24.1 Å². The van der Waals surface area contributed by atoms with E-state index in [1.807, 2.05) is 12.1 Å². The van der Waals surface area contributed by atoms with Crippen molar-refractivity contribution in [1.82, 2.24) is 9.97 Å². The zero-order valence-electron chi connectivity index (χ0n) is 9.14. The van der Waals surface area contributed by atoms with Gasteiger partial charge in [0.2, 0.25) is 0 Å². The van der Waals surface area contributed by atoms with Crippen molar-refractivity contribution in [2.24, 2.45) is 0 Å². The van der Waals surface area contributed by atoms with E-state index in [0.29, 0.717) is 11.6 Å². The van der Waals surface area contributed by atoms with E-state index in [9.17, 15) is 0 Å². The third-order valence-electron chi connectivity index (χ3n) is 2.29. The van der Waals surface area contributed by atoms with Crippen LogP contribution in [0.15, 0.2) is 36.7 Å². The van der Waals surface area contributed by atoms with Gasteiger partial charge in [0.1, 0.15) is 5.82 Å². The quantitative estimate of drug-likeness (QED) is 0.823. The second-order valence-corrected chi connectivity index (χ2v) is 3.50. The number of nitrogens with zero attached hydrogens (tertiary/aromatic N) is 2. The summed E-state index contributed by atoms with van der Waals surface area (Å²) in [7, 11) is 0. The smallest absolute Gasteiger partial charge is 0.151 e. The number of aromatic nitrogens is 2. The monoisotopic (exact) mass is 214 g/mol. The molecule has 0 atom stereocenters. The Morgan fingerprint density at radius 3 is 2.56 bits per heavy atom. The van der Waals surface area contributed by atoms with Crippen molar-refractivity contribution in [1.29, 1.82) is 0 Å². The molecule has 2 rings (SSSR count). The van der Waals surface area contributed by atoms with Crippen LogP contribution in [0, 0.1) is 0 Å². The highest BCUT2D eigenvalue weighted by molar-refractivity contribution is 5.56. The van der Waals surface area contributed by atoms with Gasteiger partial charge in [-0.2, -0.15) is 0 Å². The summed E-state index contributed by atoms with van der Waals surface area (Å²) in [6, 6.07) is 8.21. The Balaban J connectivity index is 2.14. The van der Waals surface area contributed by atoms with Crippen LogP contribution in [0.25, 0.3) is 0 Å². The molecule has 4 nitrogen and oxygen atoms in total. The fraction of sp³-hybridized carbons (Fsp3) is 0.167. The van der Waals surface area contributed by atoms with E-state index >= 15 is 0 Å². The maximum atomic E-state index is 5.54. The van der Waals surface area contributed by atoms with Gasteiger partial charge in [0.15, 0.2) is 5.82 Å². The van der Waals surface area contributed by atoms with Crippen molar-refractivity contribution >= 4 is 17.3 Å². The highest BCUT2D eigenvalue weighted by atomic mass is 15.0. The molecule has 3 N–H and O–H groups in total. The van der Waals surface area contributed by atoms with Crippen LogP contribution in [0.5, 0.6) is 0 Å². The van der Waals surface area contributed by atoms with Crippen molar-refractivity contribution in [3.63, 3.8) is 0 Å². The Kier molecular flexibility index (Phi) is 3.00. The predicted molar refractivity (Wildman–Crippen MR) is 65.5 cm³/mol. The molecule has 0 aliphatic carbocycles. The zero-order chi connectivity index (χ0) is 11.4. The molecule has 1 aromatic carbocycles. The van der Waals surface area contributed by atoms with Crippen LogP contribution in [-0.2, 0) is 6.42 Å². The topological polar surface area (TPSA) is 63.8 Å². The van der Waals surface area contributed by atoms with Gasteiger partial charge in [-0.3, -0.25) is 4.98 Å². The molecule has 0 bridgehead atoms. The van der Waals surface area contributed by atoms with Crippen molar-refractivity contribution < 1.29 is 0 Å². The summed E-state index contributed by atoms with van der Waals surface area (Å²) >= 11 is 0. The number of benzene rings is 1. The molecule has 82 valence electrons. The summed E-state index contributed by atoms with van der Waals surface area (Å²) in [6.45, 7) is 2.13. The molecule has 0 unspecified atom stereocenters. The molecule has 4 heteroatoms. The first kappa shape index (κ1) is 10.4. The van der Waals surface area contributed by atoms with Crippen LogP contribution in [0.3, 0.4) is 0 Å². The molecule has 2 aromatic rings. The SMILES string of the molecule is CCc1ccc(Nc2cncc(N)n2)cc1. The van der Waals surface area contributed by atoms with Crippen molar-refractivity contribution in [3.8, 4) is 0 Å². The number of anilines is 3. The summed E-state index contributed by atoms with van der Waals surface area (Å²) < 4.78 is 0. The minimum Gasteiger partial charge on any atom is -0.382 e. The summed E-state index contributed by atoms with van der Waals surface area (Å²) in [6.07, 6.45) is 4.20. The van der Waals surface area contributed by atoms with Crippen LogP contribution < -0.4 is 11.1 Å². The lowest BCUT2D eigenvalue weighted by Gasteiger charge is -2.06. The average Bonchev–Trinajstić information content (AvgIpc) is 2.30. The van der Waals surface area contributed by atoms with Gasteiger partial charge in [0.05, 0.1) is 12.4 Å². The van der Waals surface area contributed by atoms with E-state index < -0.39 is 0 Å². The average molecular weight is 214 g/mol. The van der Waals surface area contributed by atoms with Gasteiger partial charge in [-0.1, -0.05) is 19.1 Å². The van der Waals surface area contributed by atoms with Crippen LogP contribution in [0.2, 0.25) is 0 Å². The lowest BCUT2D eigenvalue weighted by molar-refractivity contribution is 1.14. The molecule has 1 heterocycles. The largest absolute Gasteiger partial charge is 0.382 e. The molecule has 0 spiro atoms. The second kappa shape index (κ2) is 4.61. The fourth-order valence-electron chi connectivity index (χ4n) is 1.41. The van der Waals surface area contributed by atoms with E-state index in [4.69, 9.17) is 5.73 Å². The van der Waals surface area contributed by atoms with E-state index in [-0.39, 0.29) is 0 Å². The van der Waals surface area contributed by atoms with E-state index in [1.165, 1.54) is 11.8 Å². The molecule has 0 amide bonds. The molecular weight excluding hydrogens is 200 g/mol. The standard InChI is InChI=1S/C12H14N4/c1-2-9-3-5-10(6-4-9)15-12-8-14-7-11(13)16-12/h3-8H,2H2,1H3,(H3,13,15,16). The zero-order valence-corrected chi connectivity index (χ0v) is 9.14. The summed E-state index contributed by atoms with van der Waals surface area (Å²) in [5.74, 6) is 1.07. The van der Waals surface area contributed by atoms with E-state index in [0.717, 1.165) is 12.1 Å². The third kappa shape index (κ3) is 2.48. The summed E-state index contributed by atoms with van der Waals surface area (Å²) in [5.41, 5.74) is 7.84.